The number of imidazole rings is 1. The number of rotatable bonds is 10. The third-order valence-electron chi connectivity index (χ3n) is 7.27. The molecule has 0 spiro atoms. The van der Waals surface area contributed by atoms with Crippen molar-refractivity contribution in [3.05, 3.63) is 76.0 Å². The van der Waals surface area contributed by atoms with Crippen LogP contribution < -0.4 is 15.0 Å². The number of nitrogens with one attached hydrogen (secondary N) is 1. The summed E-state index contributed by atoms with van der Waals surface area (Å²) >= 11 is 3.34. The van der Waals surface area contributed by atoms with Gasteiger partial charge in [-0.3, -0.25) is 9.69 Å². The number of ether oxygens (including phenoxy) is 1. The number of carbonyl (C=O) groups excluding carboxylic acids is 1. The number of aromatic nitrogens is 2. The topological polar surface area (TPSA) is 96.7 Å². The number of carboxylic acids is 1. The third kappa shape index (κ3) is 5.92. The quantitative estimate of drug-likeness (QED) is 0.171. The minimum absolute atomic E-state index is 0.0814. The molecule has 0 aliphatic heterocycles. The Bertz CT molecular complexity index is 1740. The van der Waals surface area contributed by atoms with Crippen LogP contribution in [0.3, 0.4) is 0 Å². The van der Waals surface area contributed by atoms with E-state index in [1.54, 1.807) is 31.3 Å². The van der Waals surface area contributed by atoms with E-state index >= 15 is 4.39 Å². The van der Waals surface area contributed by atoms with Crippen LogP contribution in [-0.4, -0.2) is 45.7 Å². The Hall–Kier alpha value is -4.27. The first-order valence-electron chi connectivity index (χ1n) is 13.1. The van der Waals surface area contributed by atoms with Crippen LogP contribution in [0.15, 0.2) is 59.1 Å². The van der Waals surface area contributed by atoms with Crippen molar-refractivity contribution in [3.8, 4) is 5.75 Å². The van der Waals surface area contributed by atoms with Crippen molar-refractivity contribution >= 4 is 56.2 Å². The number of hydrogen-bond donors (Lipinski definition) is 2. The summed E-state index contributed by atoms with van der Waals surface area (Å²) in [6.45, 7) is -1.35. The minimum Gasteiger partial charge on any atom is -0.487 e. The van der Waals surface area contributed by atoms with Crippen molar-refractivity contribution < 1.29 is 45.8 Å². The van der Waals surface area contributed by atoms with Gasteiger partial charge in [-0.2, -0.15) is 13.2 Å². The van der Waals surface area contributed by atoms with Gasteiger partial charge in [0.1, 0.15) is 29.2 Å². The molecule has 1 aromatic heterocycles. The van der Waals surface area contributed by atoms with Gasteiger partial charge in [0.2, 0.25) is 11.9 Å². The monoisotopic (exact) mass is 684 g/mol. The first-order valence-corrected chi connectivity index (χ1v) is 13.8. The molecule has 232 valence electrons. The maximum atomic E-state index is 15.5. The highest BCUT2D eigenvalue weighted by Crippen LogP contribution is 2.57. The maximum absolute atomic E-state index is 15.5. The molecule has 15 heteroatoms. The van der Waals surface area contributed by atoms with E-state index in [1.165, 1.54) is 27.7 Å². The van der Waals surface area contributed by atoms with Gasteiger partial charge in [0.25, 0.3) is 6.43 Å². The molecule has 1 aliphatic carbocycles. The molecule has 2 N–H and O–H groups in total. The lowest BCUT2D eigenvalue weighted by molar-refractivity contribution is -0.192. The molecule has 0 saturated heterocycles. The third-order valence-corrected chi connectivity index (χ3v) is 7.80. The summed E-state index contributed by atoms with van der Waals surface area (Å²) in [7, 11) is 1.54. The maximum Gasteiger partial charge on any atom is 0.403 e. The van der Waals surface area contributed by atoms with Crippen LogP contribution >= 0.6 is 15.9 Å². The summed E-state index contributed by atoms with van der Waals surface area (Å²) in [6, 6.07) is 12.8. The fourth-order valence-electron chi connectivity index (χ4n) is 4.75. The number of benzene rings is 3. The highest BCUT2D eigenvalue weighted by atomic mass is 79.9. The Balaban J connectivity index is 1.58. The summed E-state index contributed by atoms with van der Waals surface area (Å²) in [5, 5.41) is 12.0. The van der Waals surface area contributed by atoms with Crippen LogP contribution in [0, 0.1) is 11.2 Å². The minimum atomic E-state index is -4.69. The number of hydrogen-bond acceptors (Lipinski definition) is 5. The predicted molar refractivity (Wildman–Crippen MR) is 151 cm³/mol. The van der Waals surface area contributed by atoms with Crippen molar-refractivity contribution in [2.24, 2.45) is 12.5 Å². The van der Waals surface area contributed by atoms with Crippen LogP contribution in [0.25, 0.3) is 11.0 Å². The molecule has 44 heavy (non-hydrogen) atoms. The molecule has 1 amide bonds. The van der Waals surface area contributed by atoms with Gasteiger partial charge in [0.05, 0.1) is 16.7 Å². The molecule has 1 fully saturated rings. The van der Waals surface area contributed by atoms with Gasteiger partial charge < -0.3 is 19.7 Å². The van der Waals surface area contributed by atoms with E-state index in [9.17, 15) is 36.6 Å². The van der Waals surface area contributed by atoms with E-state index in [0.29, 0.717) is 15.7 Å². The predicted octanol–water partition coefficient (Wildman–Crippen LogP) is 7.25. The summed E-state index contributed by atoms with van der Waals surface area (Å²) in [4.78, 5) is 30.2. The Morgan fingerprint density at radius 3 is 2.41 bits per heavy atom. The zero-order valence-electron chi connectivity index (χ0n) is 22.8. The zero-order valence-corrected chi connectivity index (χ0v) is 24.3. The lowest BCUT2D eigenvalue weighted by Gasteiger charge is -2.25. The molecule has 1 heterocycles. The summed E-state index contributed by atoms with van der Waals surface area (Å²) in [5.74, 6) is -3.57. The van der Waals surface area contributed by atoms with Gasteiger partial charge in [-0.15, -0.1) is 0 Å². The Kier molecular flexibility index (Phi) is 8.27. The molecule has 3 aromatic carbocycles. The smallest absolute Gasteiger partial charge is 0.403 e. The van der Waals surface area contributed by atoms with Crippen LogP contribution in [0.1, 0.15) is 28.8 Å². The van der Waals surface area contributed by atoms with E-state index in [2.05, 4.69) is 26.2 Å². The lowest BCUT2D eigenvalue weighted by atomic mass is 10.1. The van der Waals surface area contributed by atoms with Crippen LogP contribution in [0.4, 0.5) is 43.7 Å². The molecule has 1 saturated carbocycles. The van der Waals surface area contributed by atoms with E-state index in [4.69, 9.17) is 4.74 Å². The number of fused-ring (bicyclic) bond motifs is 1. The molecule has 5 rings (SSSR count). The van der Waals surface area contributed by atoms with Crippen molar-refractivity contribution in [1.82, 2.24) is 14.9 Å². The van der Waals surface area contributed by atoms with E-state index in [-0.39, 0.29) is 47.8 Å². The normalized spacial score (nSPS) is 14.1. The number of aromatic carboxylic acids is 1. The molecular weight excluding hydrogens is 662 g/mol. The van der Waals surface area contributed by atoms with Crippen molar-refractivity contribution in [2.75, 3.05) is 11.5 Å². The molecule has 0 atom stereocenters. The summed E-state index contributed by atoms with van der Waals surface area (Å²) in [5.41, 5.74) is -1.80. The SMILES string of the molecule is Cn1c(N(c2ccc(Br)cc2)c2cc(CNC(=O)C3(C(F)(F)F)CC3)ccc2F)nc2cc(C(=O)O)c(OCC(F)F)cc21. The number of aryl methyl sites for hydroxylation is 1. The first kappa shape index (κ1) is 31.2. The van der Waals surface area contributed by atoms with Gasteiger partial charge in [-0.05, 0) is 60.9 Å². The molecule has 4 aromatic rings. The van der Waals surface area contributed by atoms with E-state index in [1.807, 2.05) is 0 Å². The largest absolute Gasteiger partial charge is 0.487 e. The van der Waals surface area contributed by atoms with Crippen molar-refractivity contribution in [1.29, 1.82) is 0 Å². The second kappa shape index (κ2) is 11.7. The number of nitrogens with zero attached hydrogens (tertiary/aromatic N) is 3. The Morgan fingerprint density at radius 2 is 1.82 bits per heavy atom. The highest BCUT2D eigenvalue weighted by molar-refractivity contribution is 9.10. The zero-order chi connectivity index (χ0) is 32.0. The molecule has 1 aliphatic rings. The average Bonchev–Trinajstić information content (AvgIpc) is 3.73. The number of alkyl halides is 5. The van der Waals surface area contributed by atoms with E-state index in [0.717, 1.165) is 12.1 Å². The molecule has 0 unspecified atom stereocenters. The molecular formula is C29H23BrF6N4O4. The Labute approximate surface area is 254 Å². The fraction of sp³-hybridized carbons (Fsp3) is 0.276. The standard InChI is InChI=1S/C29H23BrF6N4O4/c1-39-22-12-23(44-14-24(32)33)18(25(41)42)11-20(22)38-27(39)40(17-5-3-16(30)4-6-17)21-10-15(2-7-19(21)31)13-37-26(43)28(8-9-28)29(34,35)36/h2-7,10-12,24H,8-9,13-14H2,1H3,(H,37,43)(H,41,42). The van der Waals surface area contributed by atoms with Gasteiger partial charge in [-0.1, -0.05) is 22.0 Å². The average molecular weight is 685 g/mol. The first-order chi connectivity index (χ1) is 20.7. The van der Waals surface area contributed by atoms with Crippen LogP contribution in [0.2, 0.25) is 0 Å². The van der Waals surface area contributed by atoms with Crippen LogP contribution in [-0.2, 0) is 18.4 Å². The summed E-state index contributed by atoms with van der Waals surface area (Å²) in [6.07, 6.45) is -8.15. The fourth-order valence-corrected chi connectivity index (χ4v) is 5.02. The van der Waals surface area contributed by atoms with Gasteiger partial charge in [0.15, 0.2) is 0 Å². The van der Waals surface area contributed by atoms with Gasteiger partial charge in [-0.25, -0.2) is 22.9 Å². The van der Waals surface area contributed by atoms with Crippen LogP contribution in [0.5, 0.6) is 5.75 Å². The van der Waals surface area contributed by atoms with Gasteiger partial charge >= 0.3 is 12.1 Å². The number of anilines is 3. The Morgan fingerprint density at radius 1 is 1.14 bits per heavy atom. The summed E-state index contributed by atoms with van der Waals surface area (Å²) < 4.78 is 88.6. The van der Waals surface area contributed by atoms with E-state index < -0.39 is 47.9 Å². The number of carbonyl (C=O) groups is 2. The number of carboxylic acid groups (broad SMARTS) is 1. The number of halogens is 7. The second-order valence-corrected chi connectivity index (χ2v) is 11.1. The lowest BCUT2D eigenvalue weighted by Crippen LogP contribution is -2.40. The van der Waals surface area contributed by atoms with Crippen molar-refractivity contribution in [2.45, 2.75) is 32.0 Å². The molecule has 8 nitrogen and oxygen atoms in total. The molecule has 0 bridgehead atoms. The second-order valence-electron chi connectivity index (χ2n) is 10.2. The van der Waals surface area contributed by atoms with Gasteiger partial charge in [0, 0.05) is 29.8 Å². The highest BCUT2D eigenvalue weighted by Gasteiger charge is 2.68. The number of amides is 1. The van der Waals surface area contributed by atoms with Crippen molar-refractivity contribution in [3.63, 3.8) is 0 Å². The molecule has 0 radical (unpaired) electrons.